The first-order valence-corrected chi connectivity index (χ1v) is 11.8. The Balaban J connectivity index is 1.58. The van der Waals surface area contributed by atoms with E-state index >= 15 is 0 Å². The maximum atomic E-state index is 12.6. The van der Waals surface area contributed by atoms with E-state index in [2.05, 4.69) is 4.72 Å². The third kappa shape index (κ3) is 6.48. The highest BCUT2D eigenvalue weighted by atomic mass is 32.2. The quantitative estimate of drug-likeness (QED) is 0.498. The maximum absolute atomic E-state index is 12.6. The fourth-order valence-corrected chi connectivity index (χ4v) is 4.51. The van der Waals surface area contributed by atoms with Crippen molar-refractivity contribution in [2.45, 2.75) is 18.0 Å². The number of benzene rings is 2. The van der Waals surface area contributed by atoms with Gasteiger partial charge >= 0.3 is 5.97 Å². The Morgan fingerprint density at radius 2 is 1.81 bits per heavy atom. The van der Waals surface area contributed by atoms with Gasteiger partial charge in [-0.1, -0.05) is 42.5 Å². The highest BCUT2D eigenvalue weighted by molar-refractivity contribution is 7.89. The van der Waals surface area contributed by atoms with Crippen LogP contribution in [0.5, 0.6) is 0 Å². The van der Waals surface area contributed by atoms with Gasteiger partial charge in [-0.2, -0.15) is 0 Å². The second kappa shape index (κ2) is 10.3. The largest absolute Gasteiger partial charge is 0.452 e. The van der Waals surface area contributed by atoms with Crippen molar-refractivity contribution in [2.24, 2.45) is 0 Å². The van der Waals surface area contributed by atoms with Crippen molar-refractivity contribution < 1.29 is 22.7 Å². The van der Waals surface area contributed by atoms with E-state index < -0.39 is 22.6 Å². The van der Waals surface area contributed by atoms with Gasteiger partial charge in [-0.3, -0.25) is 4.79 Å². The molecule has 0 aliphatic rings. The topological polar surface area (TPSA) is 92.8 Å². The van der Waals surface area contributed by atoms with Crippen LogP contribution in [0.1, 0.15) is 20.8 Å². The number of nitrogens with one attached hydrogen (secondary N) is 1. The van der Waals surface area contributed by atoms with Gasteiger partial charge in [-0.05, 0) is 35.2 Å². The predicted molar refractivity (Wildman–Crippen MR) is 118 cm³/mol. The van der Waals surface area contributed by atoms with Gasteiger partial charge in [-0.15, -0.1) is 11.3 Å². The van der Waals surface area contributed by atoms with Crippen molar-refractivity contribution in [3.63, 3.8) is 0 Å². The SMILES string of the molecule is CN(Cc1cccs1)C(=O)COC(=O)c1cccc(S(=O)(=O)NCc2ccccc2)c1. The minimum Gasteiger partial charge on any atom is -0.452 e. The van der Waals surface area contributed by atoms with Crippen LogP contribution >= 0.6 is 11.3 Å². The number of carbonyl (C=O) groups is 2. The van der Waals surface area contributed by atoms with Crippen LogP contribution in [0.2, 0.25) is 0 Å². The molecule has 0 aliphatic carbocycles. The molecule has 0 radical (unpaired) electrons. The maximum Gasteiger partial charge on any atom is 0.338 e. The molecule has 1 aromatic heterocycles. The molecule has 1 amide bonds. The molecule has 3 rings (SSSR count). The predicted octanol–water partition coefficient (Wildman–Crippen LogP) is 3.04. The molecular weight excluding hydrogens is 436 g/mol. The molecule has 31 heavy (non-hydrogen) atoms. The number of ether oxygens (including phenoxy) is 1. The second-order valence-corrected chi connectivity index (χ2v) is 9.54. The Kier molecular flexibility index (Phi) is 7.56. The van der Waals surface area contributed by atoms with Crippen LogP contribution in [-0.2, 0) is 32.6 Å². The number of rotatable bonds is 9. The molecule has 162 valence electrons. The van der Waals surface area contributed by atoms with Crippen molar-refractivity contribution in [1.82, 2.24) is 9.62 Å². The number of esters is 1. The summed E-state index contributed by atoms with van der Waals surface area (Å²) in [5.41, 5.74) is 0.864. The summed E-state index contributed by atoms with van der Waals surface area (Å²) in [5.74, 6) is -1.12. The lowest BCUT2D eigenvalue weighted by molar-refractivity contribution is -0.133. The fraction of sp³-hybridized carbons (Fsp3) is 0.182. The van der Waals surface area contributed by atoms with Crippen LogP contribution in [0.25, 0.3) is 0 Å². The average molecular weight is 459 g/mol. The monoisotopic (exact) mass is 458 g/mol. The smallest absolute Gasteiger partial charge is 0.338 e. The number of sulfonamides is 1. The summed E-state index contributed by atoms with van der Waals surface area (Å²) in [6.45, 7) is 0.127. The zero-order chi connectivity index (χ0) is 22.3. The molecule has 0 atom stereocenters. The van der Waals surface area contributed by atoms with Gasteiger partial charge in [0.05, 0.1) is 17.0 Å². The number of nitrogens with zero attached hydrogens (tertiary/aromatic N) is 1. The summed E-state index contributed by atoms with van der Waals surface area (Å²) in [7, 11) is -2.19. The van der Waals surface area contributed by atoms with E-state index in [1.807, 2.05) is 47.8 Å². The van der Waals surface area contributed by atoms with Gasteiger partial charge in [0.2, 0.25) is 10.0 Å². The molecule has 2 aromatic carbocycles. The Bertz CT molecular complexity index is 1130. The van der Waals surface area contributed by atoms with E-state index in [0.717, 1.165) is 10.4 Å². The molecule has 0 saturated heterocycles. The van der Waals surface area contributed by atoms with Gasteiger partial charge in [0.15, 0.2) is 6.61 Å². The third-order valence-corrected chi connectivity index (χ3v) is 6.67. The molecule has 0 spiro atoms. The zero-order valence-corrected chi connectivity index (χ0v) is 18.5. The van der Waals surface area contributed by atoms with E-state index in [1.54, 1.807) is 7.05 Å². The molecule has 0 bridgehead atoms. The number of thiophene rings is 1. The number of hydrogen-bond donors (Lipinski definition) is 1. The Hall–Kier alpha value is -3.01. The summed E-state index contributed by atoms with van der Waals surface area (Å²) >= 11 is 1.53. The van der Waals surface area contributed by atoms with Crippen LogP contribution in [0, 0.1) is 0 Å². The molecule has 0 saturated carbocycles. The molecule has 0 fully saturated rings. The van der Waals surface area contributed by atoms with Gasteiger partial charge < -0.3 is 9.64 Å². The molecule has 0 unspecified atom stereocenters. The summed E-state index contributed by atoms with van der Waals surface area (Å²) < 4.78 is 32.7. The van der Waals surface area contributed by atoms with Crippen LogP contribution in [0.3, 0.4) is 0 Å². The number of likely N-dealkylation sites (N-methyl/N-ethyl adjacent to an activating group) is 1. The molecule has 1 N–H and O–H groups in total. The minimum atomic E-state index is -3.82. The molecule has 7 nitrogen and oxygen atoms in total. The lowest BCUT2D eigenvalue weighted by atomic mass is 10.2. The molecular formula is C22H22N2O5S2. The minimum absolute atomic E-state index is 0.0521. The Labute approximate surface area is 185 Å². The third-order valence-electron chi connectivity index (χ3n) is 4.41. The van der Waals surface area contributed by atoms with E-state index in [1.165, 1.54) is 40.5 Å². The van der Waals surface area contributed by atoms with Crippen molar-refractivity contribution in [3.8, 4) is 0 Å². The van der Waals surface area contributed by atoms with Crippen LogP contribution < -0.4 is 4.72 Å². The summed E-state index contributed by atoms with van der Waals surface area (Å²) in [6, 6.07) is 18.4. The first-order chi connectivity index (χ1) is 14.8. The number of hydrogen-bond acceptors (Lipinski definition) is 6. The molecule has 9 heteroatoms. The normalized spacial score (nSPS) is 11.1. The zero-order valence-electron chi connectivity index (χ0n) is 16.9. The van der Waals surface area contributed by atoms with E-state index in [-0.39, 0.29) is 22.9 Å². The number of amides is 1. The summed E-state index contributed by atoms with van der Waals surface area (Å²) in [4.78, 5) is 27.0. The van der Waals surface area contributed by atoms with E-state index in [0.29, 0.717) is 6.54 Å². The average Bonchev–Trinajstić information content (AvgIpc) is 3.29. The Morgan fingerprint density at radius 1 is 1.03 bits per heavy atom. The van der Waals surface area contributed by atoms with E-state index in [9.17, 15) is 18.0 Å². The molecule has 1 heterocycles. The van der Waals surface area contributed by atoms with Crippen LogP contribution in [0.15, 0.2) is 77.0 Å². The first kappa shape index (κ1) is 22.7. The second-order valence-electron chi connectivity index (χ2n) is 6.74. The lowest BCUT2D eigenvalue weighted by Crippen LogP contribution is -2.30. The highest BCUT2D eigenvalue weighted by Gasteiger charge is 2.18. The fourth-order valence-electron chi connectivity index (χ4n) is 2.69. The van der Waals surface area contributed by atoms with Crippen molar-refractivity contribution in [1.29, 1.82) is 0 Å². The van der Waals surface area contributed by atoms with Crippen LogP contribution in [-0.4, -0.2) is 38.8 Å². The van der Waals surface area contributed by atoms with Gasteiger partial charge in [0.1, 0.15) is 0 Å². The Morgan fingerprint density at radius 3 is 2.52 bits per heavy atom. The standard InChI is InChI=1S/C22H22N2O5S2/c1-24(15-19-10-6-12-30-19)21(25)16-29-22(26)18-9-5-11-20(13-18)31(27,28)23-14-17-7-3-2-4-8-17/h2-13,23H,14-16H2,1H3. The highest BCUT2D eigenvalue weighted by Crippen LogP contribution is 2.14. The van der Waals surface area contributed by atoms with Gasteiger partial charge in [0, 0.05) is 18.5 Å². The van der Waals surface area contributed by atoms with E-state index in [4.69, 9.17) is 4.74 Å². The molecule has 3 aromatic rings. The van der Waals surface area contributed by atoms with Crippen LogP contribution in [0.4, 0.5) is 0 Å². The van der Waals surface area contributed by atoms with Crippen molar-refractivity contribution in [3.05, 3.63) is 88.1 Å². The van der Waals surface area contributed by atoms with Gasteiger partial charge in [0.25, 0.3) is 5.91 Å². The number of carbonyl (C=O) groups excluding carboxylic acids is 2. The summed E-state index contributed by atoms with van der Waals surface area (Å²) in [6.07, 6.45) is 0. The molecule has 0 aliphatic heterocycles. The van der Waals surface area contributed by atoms with Crippen molar-refractivity contribution >= 4 is 33.2 Å². The first-order valence-electron chi connectivity index (χ1n) is 9.42. The summed E-state index contributed by atoms with van der Waals surface area (Å²) in [5, 5.41) is 1.92. The lowest BCUT2D eigenvalue weighted by Gasteiger charge is -2.16. The van der Waals surface area contributed by atoms with Crippen molar-refractivity contribution in [2.75, 3.05) is 13.7 Å². The van der Waals surface area contributed by atoms with Gasteiger partial charge in [-0.25, -0.2) is 17.9 Å².